The molecular weight excluding hydrogens is 563 g/mol. The van der Waals surface area contributed by atoms with E-state index in [1.54, 1.807) is 0 Å². The molecule has 2 nitrogen and oxygen atoms in total. The zero-order chi connectivity index (χ0) is 30.8. The van der Waals surface area contributed by atoms with Gasteiger partial charge in [0, 0.05) is 43.9 Å². The maximum atomic E-state index is 2.53. The molecule has 2 aliphatic rings. The largest absolute Gasteiger partial charge is 0.311 e. The van der Waals surface area contributed by atoms with Crippen LogP contribution in [0.15, 0.2) is 131 Å². The molecule has 2 heterocycles. The summed E-state index contributed by atoms with van der Waals surface area (Å²) in [7, 11) is 0. The summed E-state index contributed by atoms with van der Waals surface area (Å²) in [6.45, 7) is 11.1. The van der Waals surface area contributed by atoms with Crippen molar-refractivity contribution >= 4 is 69.0 Å². The second kappa shape index (κ2) is 10.7. The van der Waals surface area contributed by atoms with Crippen molar-refractivity contribution in [3.63, 3.8) is 0 Å². The van der Waals surface area contributed by atoms with Gasteiger partial charge in [-0.3, -0.25) is 0 Å². The fourth-order valence-corrected chi connectivity index (χ4v) is 8.10. The van der Waals surface area contributed by atoms with Crippen LogP contribution in [0, 0.1) is 34.6 Å². The SMILES string of the molecule is Cc1ccc(N2c3ccc(C)cc3B3c4cc(Sc5ccccc5)ccc4N(c4ccc(C)cc4C)c4cc(C)cc2c43)cc1. The number of rotatable bonds is 4. The zero-order valence-corrected chi connectivity index (χ0v) is 27.2. The van der Waals surface area contributed by atoms with E-state index in [1.807, 2.05) is 11.8 Å². The third-order valence-corrected chi connectivity index (χ3v) is 10.2. The predicted molar refractivity (Wildman–Crippen MR) is 195 cm³/mol. The second-order valence-electron chi connectivity index (χ2n) is 12.6. The first-order valence-corrected chi connectivity index (χ1v) is 16.5. The first-order valence-electron chi connectivity index (χ1n) is 15.7. The van der Waals surface area contributed by atoms with Gasteiger partial charge in [-0.05, 0) is 123 Å². The van der Waals surface area contributed by atoms with Crippen LogP contribution in [0.5, 0.6) is 0 Å². The lowest BCUT2D eigenvalue weighted by Gasteiger charge is -2.45. The highest BCUT2D eigenvalue weighted by Crippen LogP contribution is 2.46. The molecule has 0 fully saturated rings. The number of fused-ring (bicyclic) bond motifs is 4. The van der Waals surface area contributed by atoms with Crippen molar-refractivity contribution in [2.24, 2.45) is 0 Å². The van der Waals surface area contributed by atoms with E-state index in [0.717, 1.165) is 0 Å². The summed E-state index contributed by atoms with van der Waals surface area (Å²) in [4.78, 5) is 7.52. The van der Waals surface area contributed by atoms with Crippen molar-refractivity contribution < 1.29 is 0 Å². The van der Waals surface area contributed by atoms with Crippen molar-refractivity contribution in [3.8, 4) is 0 Å². The lowest BCUT2D eigenvalue weighted by atomic mass is 9.33. The van der Waals surface area contributed by atoms with Crippen LogP contribution in [-0.2, 0) is 0 Å². The maximum Gasteiger partial charge on any atom is 0.252 e. The summed E-state index contributed by atoms with van der Waals surface area (Å²) in [5, 5.41) is 0. The van der Waals surface area contributed by atoms with E-state index < -0.39 is 0 Å². The van der Waals surface area contributed by atoms with E-state index in [4.69, 9.17) is 0 Å². The van der Waals surface area contributed by atoms with Crippen LogP contribution in [0.25, 0.3) is 0 Å². The molecular formula is C41H35BN2S. The normalized spacial score (nSPS) is 13.0. The number of benzene rings is 6. The van der Waals surface area contributed by atoms with Gasteiger partial charge in [-0.1, -0.05) is 89.1 Å². The van der Waals surface area contributed by atoms with Gasteiger partial charge in [0.15, 0.2) is 0 Å². The Morgan fingerprint density at radius 3 is 1.78 bits per heavy atom. The summed E-state index contributed by atoms with van der Waals surface area (Å²) in [5.74, 6) is 0. The van der Waals surface area contributed by atoms with E-state index in [1.165, 1.54) is 88.1 Å². The van der Waals surface area contributed by atoms with Crippen molar-refractivity contribution in [2.75, 3.05) is 9.80 Å². The van der Waals surface area contributed by atoms with Gasteiger partial charge in [-0.15, -0.1) is 0 Å². The summed E-state index contributed by atoms with van der Waals surface area (Å²) in [6.07, 6.45) is 0. The molecule has 0 spiro atoms. The molecule has 4 heteroatoms. The highest BCUT2D eigenvalue weighted by molar-refractivity contribution is 7.99. The van der Waals surface area contributed by atoms with Gasteiger partial charge in [0.1, 0.15) is 0 Å². The first-order chi connectivity index (χ1) is 21.9. The van der Waals surface area contributed by atoms with Crippen LogP contribution >= 0.6 is 11.8 Å². The minimum Gasteiger partial charge on any atom is -0.311 e. The van der Waals surface area contributed by atoms with E-state index in [0.29, 0.717) is 0 Å². The molecule has 0 atom stereocenters. The van der Waals surface area contributed by atoms with Crippen molar-refractivity contribution in [3.05, 3.63) is 149 Å². The molecule has 0 amide bonds. The third-order valence-electron chi connectivity index (χ3n) is 9.20. The summed E-state index contributed by atoms with van der Waals surface area (Å²) in [6, 6.07) is 45.4. The average molecular weight is 599 g/mol. The van der Waals surface area contributed by atoms with E-state index in [-0.39, 0.29) is 6.71 Å². The van der Waals surface area contributed by atoms with Crippen LogP contribution < -0.4 is 26.2 Å². The number of hydrogen-bond acceptors (Lipinski definition) is 3. The summed E-state index contributed by atoms with van der Waals surface area (Å²) < 4.78 is 0. The second-order valence-corrected chi connectivity index (χ2v) is 13.8. The smallest absolute Gasteiger partial charge is 0.252 e. The average Bonchev–Trinajstić information content (AvgIpc) is 3.02. The fourth-order valence-electron chi connectivity index (χ4n) is 7.22. The molecule has 0 aromatic heterocycles. The topological polar surface area (TPSA) is 6.48 Å². The highest BCUT2D eigenvalue weighted by Gasteiger charge is 2.43. The lowest BCUT2D eigenvalue weighted by molar-refractivity contribution is 1.21. The molecule has 0 unspecified atom stereocenters. The Labute approximate surface area is 271 Å². The van der Waals surface area contributed by atoms with Crippen molar-refractivity contribution in [1.82, 2.24) is 0 Å². The summed E-state index contributed by atoms with van der Waals surface area (Å²) >= 11 is 1.84. The van der Waals surface area contributed by atoms with E-state index >= 15 is 0 Å². The van der Waals surface area contributed by atoms with Gasteiger partial charge >= 0.3 is 0 Å². The fraction of sp³-hybridized carbons (Fsp3) is 0.122. The van der Waals surface area contributed by atoms with Gasteiger partial charge in [0.25, 0.3) is 6.71 Å². The first kappa shape index (κ1) is 27.9. The number of hydrogen-bond donors (Lipinski definition) is 0. The molecule has 0 N–H and O–H groups in total. The minimum atomic E-state index is 0.112. The Bertz CT molecular complexity index is 2100. The molecule has 8 rings (SSSR count). The van der Waals surface area contributed by atoms with E-state index in [2.05, 4.69) is 166 Å². The minimum absolute atomic E-state index is 0.112. The number of anilines is 6. The Morgan fingerprint density at radius 1 is 0.444 bits per heavy atom. The third kappa shape index (κ3) is 4.67. The van der Waals surface area contributed by atoms with Crippen LogP contribution in [-0.4, -0.2) is 6.71 Å². The van der Waals surface area contributed by atoms with Gasteiger partial charge in [0.2, 0.25) is 0 Å². The molecule has 0 radical (unpaired) electrons. The highest BCUT2D eigenvalue weighted by atomic mass is 32.2. The molecule has 0 bridgehead atoms. The predicted octanol–water partition coefficient (Wildman–Crippen LogP) is 9.46. The standard InChI is InChI=1S/C41H35BN2S/c1-26-11-15-31(16-12-26)43-37-19-14-28(3)22-34(37)42-35-25-33(45-32-9-7-6-8-10-32)17-20-38(35)44(36-18-13-27(2)21-30(36)5)40-24-29(4)23-39(43)41(40)42/h6-25H,1-5H3. The zero-order valence-electron chi connectivity index (χ0n) is 26.4. The quantitative estimate of drug-likeness (QED) is 0.186. The molecule has 0 aliphatic carbocycles. The van der Waals surface area contributed by atoms with Gasteiger partial charge < -0.3 is 9.80 Å². The molecule has 218 valence electrons. The lowest BCUT2D eigenvalue weighted by Crippen LogP contribution is -2.61. The summed E-state index contributed by atoms with van der Waals surface area (Å²) in [5.41, 5.74) is 17.9. The van der Waals surface area contributed by atoms with Crippen LogP contribution in [0.4, 0.5) is 34.1 Å². The van der Waals surface area contributed by atoms with Crippen LogP contribution in [0.1, 0.15) is 27.8 Å². The maximum absolute atomic E-state index is 2.53. The molecule has 6 aromatic rings. The molecule has 0 saturated heterocycles. The Kier molecular flexibility index (Phi) is 6.65. The van der Waals surface area contributed by atoms with Gasteiger partial charge in [-0.25, -0.2) is 0 Å². The number of nitrogens with zero attached hydrogens (tertiary/aromatic N) is 2. The van der Waals surface area contributed by atoms with Gasteiger partial charge in [-0.2, -0.15) is 0 Å². The Balaban J connectivity index is 1.44. The van der Waals surface area contributed by atoms with Crippen LogP contribution in [0.2, 0.25) is 0 Å². The molecule has 45 heavy (non-hydrogen) atoms. The van der Waals surface area contributed by atoms with Gasteiger partial charge in [0.05, 0.1) is 0 Å². The Hall–Kier alpha value is -4.67. The Morgan fingerprint density at radius 2 is 1.04 bits per heavy atom. The molecule has 2 aliphatic heterocycles. The van der Waals surface area contributed by atoms with E-state index in [9.17, 15) is 0 Å². The monoisotopic (exact) mass is 598 g/mol. The van der Waals surface area contributed by atoms with Crippen molar-refractivity contribution in [1.29, 1.82) is 0 Å². The number of aryl methyl sites for hydroxylation is 5. The van der Waals surface area contributed by atoms with Crippen LogP contribution in [0.3, 0.4) is 0 Å². The molecule has 0 saturated carbocycles. The van der Waals surface area contributed by atoms with Crippen molar-refractivity contribution in [2.45, 2.75) is 44.4 Å². The molecule has 6 aromatic carbocycles.